The topological polar surface area (TPSA) is 66.9 Å². The number of anilines is 2. The zero-order chi connectivity index (χ0) is 16.2. The van der Waals surface area contributed by atoms with Crippen LogP contribution in [0.5, 0.6) is 0 Å². The molecule has 2 N–H and O–H groups in total. The van der Waals surface area contributed by atoms with Crippen LogP contribution in [0.15, 0.2) is 36.4 Å². The van der Waals surface area contributed by atoms with Gasteiger partial charge in [0.25, 0.3) is 0 Å². The Morgan fingerprint density at radius 2 is 1.73 bits per heavy atom. The van der Waals surface area contributed by atoms with Gasteiger partial charge in [0.05, 0.1) is 0 Å². The third-order valence-electron chi connectivity index (χ3n) is 3.01. The lowest BCUT2D eigenvalue weighted by atomic mass is 9.96. The summed E-state index contributed by atoms with van der Waals surface area (Å²) in [4.78, 5) is 11.9. The Hall–Kier alpha value is -2.14. The number of rotatable bonds is 4. The van der Waals surface area contributed by atoms with Gasteiger partial charge >= 0.3 is 0 Å². The van der Waals surface area contributed by atoms with Gasteiger partial charge in [0, 0.05) is 17.0 Å². The van der Waals surface area contributed by atoms with E-state index >= 15 is 0 Å². The van der Waals surface area contributed by atoms with Gasteiger partial charge in [-0.1, -0.05) is 50.6 Å². The van der Waals surface area contributed by atoms with E-state index in [1.807, 2.05) is 45.0 Å². The lowest BCUT2D eigenvalue weighted by Gasteiger charge is -2.16. The Bertz CT molecular complexity index is 650. The minimum atomic E-state index is -0.470. The summed E-state index contributed by atoms with van der Waals surface area (Å²) in [7, 11) is 0. The van der Waals surface area contributed by atoms with Crippen molar-refractivity contribution in [2.24, 2.45) is 5.41 Å². The first-order valence-corrected chi connectivity index (χ1v) is 7.36. The summed E-state index contributed by atoms with van der Waals surface area (Å²) in [6, 6.07) is 11.1. The number of halogens is 1. The van der Waals surface area contributed by atoms with Gasteiger partial charge in [0.2, 0.25) is 5.91 Å². The summed E-state index contributed by atoms with van der Waals surface area (Å²) in [5, 5.41) is 14.6. The number of carbonyl (C=O) groups is 1. The highest BCUT2D eigenvalue weighted by atomic mass is 35.5. The Morgan fingerprint density at radius 3 is 2.32 bits per heavy atom. The molecule has 22 heavy (non-hydrogen) atoms. The molecule has 0 bridgehead atoms. The third-order valence-corrected chi connectivity index (χ3v) is 3.37. The molecular formula is C16H19ClN4O. The maximum absolute atomic E-state index is 11.9. The van der Waals surface area contributed by atoms with E-state index in [9.17, 15) is 4.79 Å². The summed E-state index contributed by atoms with van der Waals surface area (Å²) < 4.78 is 0. The van der Waals surface area contributed by atoms with Gasteiger partial charge in [-0.15, -0.1) is 10.2 Å². The van der Waals surface area contributed by atoms with Crippen LogP contribution >= 0.6 is 11.6 Å². The number of hydrogen-bond acceptors (Lipinski definition) is 4. The minimum Gasteiger partial charge on any atom is -0.364 e. The van der Waals surface area contributed by atoms with Gasteiger partial charge in [0.1, 0.15) is 5.82 Å². The van der Waals surface area contributed by atoms with E-state index in [-0.39, 0.29) is 5.91 Å². The van der Waals surface area contributed by atoms with E-state index in [0.717, 1.165) is 5.56 Å². The maximum atomic E-state index is 11.9. The molecule has 0 fully saturated rings. The molecule has 1 amide bonds. The van der Waals surface area contributed by atoms with Crippen molar-refractivity contribution in [3.8, 4) is 0 Å². The van der Waals surface area contributed by atoms with Crippen LogP contribution in [0.25, 0.3) is 0 Å². The van der Waals surface area contributed by atoms with Crippen LogP contribution in [0.2, 0.25) is 5.02 Å². The summed E-state index contributed by atoms with van der Waals surface area (Å²) in [5.41, 5.74) is 0.513. The fourth-order valence-electron chi connectivity index (χ4n) is 1.62. The zero-order valence-electron chi connectivity index (χ0n) is 12.9. The largest absolute Gasteiger partial charge is 0.364 e. The standard InChI is InChI=1S/C16H19ClN4O/c1-16(2,3)15(22)19-14-9-8-13(20-21-14)18-10-11-6-4-5-7-12(11)17/h4-9H,10H2,1-3H3,(H,18,20)(H,19,21,22). The number of amides is 1. The molecule has 5 nitrogen and oxygen atoms in total. The highest BCUT2D eigenvalue weighted by molar-refractivity contribution is 6.31. The average Bonchev–Trinajstić information content (AvgIpc) is 2.47. The Kier molecular flexibility index (Phi) is 4.98. The number of aromatic nitrogens is 2. The van der Waals surface area contributed by atoms with Crippen LogP contribution in [0, 0.1) is 5.41 Å². The van der Waals surface area contributed by atoms with Gasteiger partial charge in [-0.05, 0) is 23.8 Å². The molecule has 0 saturated carbocycles. The van der Waals surface area contributed by atoms with Crippen molar-refractivity contribution >= 4 is 29.1 Å². The predicted octanol–water partition coefficient (Wildman–Crippen LogP) is 3.73. The van der Waals surface area contributed by atoms with Gasteiger partial charge in [-0.2, -0.15) is 0 Å². The molecule has 0 aliphatic carbocycles. The number of nitrogens with zero attached hydrogens (tertiary/aromatic N) is 2. The summed E-state index contributed by atoms with van der Waals surface area (Å²) in [6.07, 6.45) is 0. The van der Waals surface area contributed by atoms with Gasteiger partial charge < -0.3 is 10.6 Å². The minimum absolute atomic E-state index is 0.0985. The molecule has 0 atom stereocenters. The first-order chi connectivity index (χ1) is 10.4. The van der Waals surface area contributed by atoms with Crippen LogP contribution in [0.1, 0.15) is 26.3 Å². The highest BCUT2D eigenvalue weighted by Gasteiger charge is 2.21. The molecule has 2 aromatic rings. The quantitative estimate of drug-likeness (QED) is 0.901. The van der Waals surface area contributed by atoms with Crippen molar-refractivity contribution in [1.29, 1.82) is 0 Å². The Labute approximate surface area is 135 Å². The molecule has 6 heteroatoms. The van der Waals surface area contributed by atoms with Crippen molar-refractivity contribution in [1.82, 2.24) is 10.2 Å². The molecule has 0 unspecified atom stereocenters. The first-order valence-electron chi connectivity index (χ1n) is 6.99. The van der Waals surface area contributed by atoms with Crippen molar-refractivity contribution in [2.45, 2.75) is 27.3 Å². The van der Waals surface area contributed by atoms with Crippen LogP contribution in [-0.2, 0) is 11.3 Å². The van der Waals surface area contributed by atoms with E-state index in [1.54, 1.807) is 12.1 Å². The molecular weight excluding hydrogens is 300 g/mol. The number of carbonyl (C=O) groups excluding carboxylic acids is 1. The van der Waals surface area contributed by atoms with Gasteiger partial charge in [-0.3, -0.25) is 4.79 Å². The van der Waals surface area contributed by atoms with Crippen LogP contribution in [0.4, 0.5) is 11.6 Å². The molecule has 0 saturated heterocycles. The number of hydrogen-bond donors (Lipinski definition) is 2. The molecule has 2 rings (SSSR count). The van der Waals surface area contributed by atoms with Crippen molar-refractivity contribution in [3.05, 3.63) is 47.0 Å². The van der Waals surface area contributed by atoms with E-state index in [0.29, 0.717) is 23.2 Å². The van der Waals surface area contributed by atoms with E-state index in [1.165, 1.54) is 0 Å². The molecule has 0 aliphatic heterocycles. The smallest absolute Gasteiger partial charge is 0.230 e. The first kappa shape index (κ1) is 16.2. The predicted molar refractivity (Wildman–Crippen MR) is 88.9 cm³/mol. The van der Waals surface area contributed by atoms with E-state index in [2.05, 4.69) is 20.8 Å². The van der Waals surface area contributed by atoms with Gasteiger partial charge in [-0.25, -0.2) is 0 Å². The average molecular weight is 319 g/mol. The SMILES string of the molecule is CC(C)(C)C(=O)Nc1ccc(NCc2ccccc2Cl)nn1. The van der Waals surface area contributed by atoms with Gasteiger partial charge in [0.15, 0.2) is 5.82 Å². The van der Waals surface area contributed by atoms with Crippen molar-refractivity contribution in [3.63, 3.8) is 0 Å². The molecule has 116 valence electrons. The zero-order valence-corrected chi connectivity index (χ0v) is 13.6. The molecule has 1 aromatic heterocycles. The monoisotopic (exact) mass is 318 g/mol. The van der Waals surface area contributed by atoms with Crippen molar-refractivity contribution < 1.29 is 4.79 Å². The van der Waals surface area contributed by atoms with Crippen LogP contribution in [-0.4, -0.2) is 16.1 Å². The maximum Gasteiger partial charge on any atom is 0.230 e. The summed E-state index contributed by atoms with van der Waals surface area (Å²) >= 11 is 6.09. The molecule has 1 heterocycles. The molecule has 0 radical (unpaired) electrons. The second kappa shape index (κ2) is 6.75. The van der Waals surface area contributed by atoms with Crippen LogP contribution in [0.3, 0.4) is 0 Å². The summed E-state index contributed by atoms with van der Waals surface area (Å²) in [6.45, 7) is 6.09. The number of benzene rings is 1. The Morgan fingerprint density at radius 1 is 1.09 bits per heavy atom. The lowest BCUT2D eigenvalue weighted by molar-refractivity contribution is -0.123. The fraction of sp³-hybridized carbons (Fsp3) is 0.312. The lowest BCUT2D eigenvalue weighted by Crippen LogP contribution is -2.28. The normalized spacial score (nSPS) is 11.1. The second-order valence-electron chi connectivity index (χ2n) is 5.95. The van der Waals surface area contributed by atoms with Crippen LogP contribution < -0.4 is 10.6 Å². The van der Waals surface area contributed by atoms with Crippen molar-refractivity contribution in [2.75, 3.05) is 10.6 Å². The fourth-order valence-corrected chi connectivity index (χ4v) is 1.83. The molecule has 1 aromatic carbocycles. The summed E-state index contributed by atoms with van der Waals surface area (Å²) in [5.74, 6) is 0.954. The number of nitrogens with one attached hydrogen (secondary N) is 2. The second-order valence-corrected chi connectivity index (χ2v) is 6.36. The third kappa shape index (κ3) is 4.43. The molecule has 0 spiro atoms. The Balaban J connectivity index is 1.95. The molecule has 0 aliphatic rings. The highest BCUT2D eigenvalue weighted by Crippen LogP contribution is 2.18. The van der Waals surface area contributed by atoms with E-state index < -0.39 is 5.41 Å². The van der Waals surface area contributed by atoms with E-state index in [4.69, 9.17) is 11.6 Å².